The Labute approximate surface area is 525 Å². The number of imide groups is 1. The topological polar surface area (TPSA) is 368 Å². The van der Waals surface area contributed by atoms with E-state index in [0.717, 1.165) is 23.1 Å². The van der Waals surface area contributed by atoms with Gasteiger partial charge in [-0.1, -0.05) is 38.1 Å². The maximum Gasteiger partial charge on any atom is 0.407 e. The summed E-state index contributed by atoms with van der Waals surface area (Å²) >= 11 is 0. The zero-order chi connectivity index (χ0) is 65.9. The van der Waals surface area contributed by atoms with Gasteiger partial charge in [-0.15, -0.1) is 0 Å². The number of carbonyl (C=O) groups is 8. The van der Waals surface area contributed by atoms with Gasteiger partial charge in [0.1, 0.15) is 54.1 Å². The first-order chi connectivity index (χ1) is 44.3. The quantitative estimate of drug-likeness (QED) is 0.0164. The summed E-state index contributed by atoms with van der Waals surface area (Å²) in [6.07, 6.45) is 0.609. The monoisotopic (exact) mass is 1280 g/mol. The lowest BCUT2D eigenvalue weighted by atomic mass is 10.0. The summed E-state index contributed by atoms with van der Waals surface area (Å²) in [5.74, 6) is -4.10. The number of amides is 8. The Morgan fingerprint density at radius 3 is 2.15 bits per heavy atom. The molecular weight excluding hydrogens is 1210 g/mol. The maximum absolute atomic E-state index is 14.7. The molecule has 0 fully saturated rings. The molecule has 6 aromatic rings. The van der Waals surface area contributed by atoms with Crippen LogP contribution in [0, 0.1) is 11.7 Å². The van der Waals surface area contributed by atoms with E-state index in [0.29, 0.717) is 52.4 Å². The molecule has 0 bridgehead atoms. The van der Waals surface area contributed by atoms with Crippen molar-refractivity contribution in [2.45, 2.75) is 64.8 Å². The number of aromatic amines is 1. The second-order valence-corrected chi connectivity index (χ2v) is 20.8. The normalized spacial score (nSPS) is 12.7. The molecule has 30 heteroatoms. The Bertz CT molecular complexity index is 3540. The number of carbonyl (C=O) groups excluding carboxylic acids is 7. The van der Waals surface area contributed by atoms with Crippen LogP contribution in [0.5, 0.6) is 5.75 Å². The molecule has 0 spiro atoms. The fourth-order valence-electron chi connectivity index (χ4n) is 8.92. The van der Waals surface area contributed by atoms with Crippen molar-refractivity contribution < 1.29 is 85.1 Å². The number of halogens is 3. The Morgan fingerprint density at radius 1 is 0.761 bits per heavy atom. The van der Waals surface area contributed by atoms with Crippen LogP contribution in [0.1, 0.15) is 67.0 Å². The molecule has 92 heavy (non-hydrogen) atoms. The molecule has 8 amide bonds. The standard InChI is InChI=1S/C62H71F3N12O15/c1-37(2)54(76-51(78)18-22-87-25-27-89-29-30-90-28-26-88-24-21-77-52(79)16-17-53(77)80)59(82)73-48(7-4-19-67-61(66)85)58(81)71-42-12-8-38(9-13-42)36-92-62(86)68-20-23-91-43-32-41-31-39(11-15-45(41)69-34-43)55-56(46-5-3-6-47(72-46)57(64)65)75-50(74-55)35-70-49-33-40(60(83)84)10-14-44(49)63/h3,5-6,8-17,31-34,37,48,54,57,70H,4,7,18-30,35-36H2,1-2H3,(H,68,86)(H,71,81)(H,73,82)(H,74,75)(H,76,78)(H,83,84)(H3,66,67,85)/t48-,54-/m0/s1. The molecule has 0 unspecified atom stereocenters. The number of hydrogen-bond donors (Lipinski definition) is 9. The maximum atomic E-state index is 14.7. The lowest BCUT2D eigenvalue weighted by Gasteiger charge is -2.25. The number of carboxylic acid groups (broad SMARTS) is 1. The third kappa shape index (κ3) is 21.9. The number of benzene rings is 3. The van der Waals surface area contributed by atoms with Crippen LogP contribution in [-0.2, 0) is 60.8 Å². The number of alkyl carbamates (subject to hydrolysis) is 1. The molecule has 0 saturated heterocycles. The van der Waals surface area contributed by atoms with Crippen LogP contribution < -0.4 is 42.4 Å². The number of ether oxygens (including phenoxy) is 6. The average molecular weight is 1280 g/mol. The number of carboxylic acids is 1. The highest BCUT2D eigenvalue weighted by atomic mass is 19.3. The highest BCUT2D eigenvalue weighted by Crippen LogP contribution is 2.33. The predicted octanol–water partition coefficient (Wildman–Crippen LogP) is 5.77. The smallest absolute Gasteiger partial charge is 0.407 e. The van der Waals surface area contributed by atoms with Gasteiger partial charge in [0.15, 0.2) is 0 Å². The van der Waals surface area contributed by atoms with Crippen LogP contribution in [0.15, 0.2) is 103 Å². The molecular formula is C62H71F3N12O15. The summed E-state index contributed by atoms with van der Waals surface area (Å²) in [4.78, 5) is 116. The van der Waals surface area contributed by atoms with Gasteiger partial charge in [-0.25, -0.2) is 37.5 Å². The minimum Gasteiger partial charge on any atom is -0.490 e. The Kier molecular flexibility index (Phi) is 26.7. The summed E-state index contributed by atoms with van der Waals surface area (Å²) in [6, 6.07) is 17.9. The number of imidazole rings is 1. The van der Waals surface area contributed by atoms with Crippen LogP contribution in [0.25, 0.3) is 33.5 Å². The van der Waals surface area contributed by atoms with Gasteiger partial charge in [-0.3, -0.25) is 33.9 Å². The lowest BCUT2D eigenvalue weighted by molar-refractivity contribution is -0.137. The summed E-state index contributed by atoms with van der Waals surface area (Å²) in [5.41, 5.74) is 7.33. The van der Waals surface area contributed by atoms with Crippen LogP contribution in [0.3, 0.4) is 0 Å². The molecule has 3 aromatic carbocycles. The SMILES string of the molecule is CC(C)[C@H](NC(=O)CCOCCOCCOCCOCCN1C(=O)C=CC1=O)C(=O)N[C@@H](CCCNC(N)=O)C(=O)Nc1ccc(COC(=O)NCCOc2cnc3ccc(-c4[nH]c(CNc5cc(C(=O)O)ccc5F)nc4-c4cccc(C(F)F)n4)cc3c2)cc1. The van der Waals surface area contributed by atoms with E-state index in [1.54, 1.807) is 62.4 Å². The molecule has 1 aliphatic rings. The van der Waals surface area contributed by atoms with E-state index < -0.39 is 65.8 Å². The van der Waals surface area contributed by atoms with Crippen molar-refractivity contribution in [1.82, 2.24) is 46.1 Å². The number of fused-ring (bicyclic) bond motifs is 1. The molecule has 0 saturated carbocycles. The molecule has 10 N–H and O–H groups in total. The van der Waals surface area contributed by atoms with Crippen molar-refractivity contribution in [3.63, 3.8) is 0 Å². The number of pyridine rings is 2. The van der Waals surface area contributed by atoms with Gasteiger partial charge < -0.3 is 76.1 Å². The van der Waals surface area contributed by atoms with Crippen LogP contribution in [0.4, 0.5) is 34.1 Å². The van der Waals surface area contributed by atoms with Gasteiger partial charge in [-0.2, -0.15) is 0 Å². The predicted molar refractivity (Wildman–Crippen MR) is 326 cm³/mol. The van der Waals surface area contributed by atoms with Crippen LogP contribution >= 0.6 is 0 Å². The Morgan fingerprint density at radius 2 is 1.47 bits per heavy atom. The van der Waals surface area contributed by atoms with E-state index in [9.17, 15) is 56.6 Å². The number of alkyl halides is 2. The van der Waals surface area contributed by atoms with Crippen molar-refractivity contribution in [2.24, 2.45) is 11.7 Å². The summed E-state index contributed by atoms with van der Waals surface area (Å²) in [6.45, 7) is 5.38. The minimum atomic E-state index is -2.86. The molecule has 7 rings (SSSR count). The third-order valence-corrected chi connectivity index (χ3v) is 13.6. The second kappa shape index (κ2) is 35.4. The number of urea groups is 1. The first-order valence-corrected chi connectivity index (χ1v) is 29.2. The number of aromatic carboxylic acids is 1. The summed E-state index contributed by atoms with van der Waals surface area (Å²) < 4.78 is 75.3. The number of rotatable bonds is 38. The zero-order valence-corrected chi connectivity index (χ0v) is 50.3. The lowest BCUT2D eigenvalue weighted by Crippen LogP contribution is -2.54. The highest BCUT2D eigenvalue weighted by molar-refractivity contribution is 6.12. The number of H-pyrrole nitrogens is 1. The van der Waals surface area contributed by atoms with Crippen molar-refractivity contribution in [3.05, 3.63) is 132 Å². The highest BCUT2D eigenvalue weighted by Gasteiger charge is 2.29. The first kappa shape index (κ1) is 69.4. The number of hydrogen-bond acceptors (Lipinski definition) is 18. The molecule has 0 radical (unpaired) electrons. The first-order valence-electron chi connectivity index (χ1n) is 29.2. The minimum absolute atomic E-state index is 0.0136. The molecule has 3 aromatic heterocycles. The fraction of sp³-hybridized carbons (Fsp3) is 0.371. The number of aromatic nitrogens is 4. The largest absolute Gasteiger partial charge is 0.490 e. The van der Waals surface area contributed by atoms with Crippen molar-refractivity contribution >= 4 is 69.9 Å². The Balaban J connectivity index is 0.827. The van der Waals surface area contributed by atoms with E-state index >= 15 is 0 Å². The number of nitrogens with zero attached hydrogens (tertiary/aromatic N) is 4. The molecule has 0 aliphatic carbocycles. The van der Waals surface area contributed by atoms with E-state index in [1.807, 2.05) is 0 Å². The van der Waals surface area contributed by atoms with Gasteiger partial charge in [0.05, 0.1) is 107 Å². The van der Waals surface area contributed by atoms with Gasteiger partial charge in [-0.05, 0) is 85.0 Å². The molecule has 27 nitrogen and oxygen atoms in total. The van der Waals surface area contributed by atoms with E-state index in [-0.39, 0.29) is 144 Å². The van der Waals surface area contributed by atoms with Crippen molar-refractivity contribution in [3.8, 4) is 28.4 Å². The number of nitrogens with two attached hydrogens (primary N) is 1. The Hall–Kier alpha value is -10.0. The van der Waals surface area contributed by atoms with Crippen molar-refractivity contribution in [1.29, 1.82) is 0 Å². The fourth-order valence-corrected chi connectivity index (χ4v) is 8.92. The summed E-state index contributed by atoms with van der Waals surface area (Å²) in [5, 5.41) is 26.1. The number of nitrogens with one attached hydrogen (secondary N) is 7. The molecule has 4 heterocycles. The zero-order valence-electron chi connectivity index (χ0n) is 50.3. The van der Waals surface area contributed by atoms with Gasteiger partial charge >= 0.3 is 18.1 Å². The number of anilines is 2. The van der Waals surface area contributed by atoms with Crippen LogP contribution in [0.2, 0.25) is 0 Å². The van der Waals surface area contributed by atoms with E-state index in [2.05, 4.69) is 51.8 Å². The molecule has 490 valence electrons. The molecule has 2 atom stereocenters. The van der Waals surface area contributed by atoms with Gasteiger partial charge in [0.2, 0.25) is 17.7 Å². The molecule has 1 aliphatic heterocycles. The number of primary amides is 1. The third-order valence-electron chi connectivity index (χ3n) is 13.6. The second-order valence-electron chi connectivity index (χ2n) is 20.8. The van der Waals surface area contributed by atoms with E-state index in [1.165, 1.54) is 36.5 Å². The average Bonchev–Trinajstić information content (AvgIpc) is 1.59. The summed E-state index contributed by atoms with van der Waals surface area (Å²) in [7, 11) is 0. The van der Waals surface area contributed by atoms with E-state index in [4.69, 9.17) is 34.2 Å². The van der Waals surface area contributed by atoms with Crippen LogP contribution in [-0.4, -0.2) is 169 Å². The van der Waals surface area contributed by atoms with Crippen molar-refractivity contribution in [2.75, 3.05) is 89.7 Å². The van der Waals surface area contributed by atoms with Gasteiger partial charge in [0.25, 0.3) is 18.2 Å². The van der Waals surface area contributed by atoms with Gasteiger partial charge in [0, 0.05) is 41.8 Å².